The number of aliphatic hydroxyl groups excluding tert-OH is 1. The van der Waals surface area contributed by atoms with E-state index in [4.69, 9.17) is 10.2 Å². The summed E-state index contributed by atoms with van der Waals surface area (Å²) in [4.78, 5) is 10.5. The molecule has 0 heterocycles. The van der Waals surface area contributed by atoms with Gasteiger partial charge in [0.05, 0.1) is 0 Å². The monoisotopic (exact) mass is 496 g/mol. The van der Waals surface area contributed by atoms with Crippen molar-refractivity contribution in [3.05, 3.63) is 0 Å². The van der Waals surface area contributed by atoms with Gasteiger partial charge in [-0.3, -0.25) is 4.79 Å². The van der Waals surface area contributed by atoms with Gasteiger partial charge in [-0.1, -0.05) is 167 Å². The molecule has 0 spiro atoms. The molecule has 0 aromatic heterocycles. The molecular formula is C32H64O3. The number of carboxylic acids is 1. The van der Waals surface area contributed by atoms with Crippen LogP contribution >= 0.6 is 0 Å². The molecule has 0 unspecified atom stereocenters. The molecule has 0 saturated carbocycles. The van der Waals surface area contributed by atoms with Crippen LogP contribution < -0.4 is 0 Å². The van der Waals surface area contributed by atoms with E-state index in [2.05, 4.69) is 6.92 Å². The van der Waals surface area contributed by atoms with Gasteiger partial charge in [-0.25, -0.2) is 0 Å². The smallest absolute Gasteiger partial charge is 0.303 e. The van der Waals surface area contributed by atoms with E-state index in [0.717, 1.165) is 12.8 Å². The summed E-state index contributed by atoms with van der Waals surface area (Å²) in [6, 6.07) is 0. The van der Waals surface area contributed by atoms with Crippen LogP contribution in [0.5, 0.6) is 0 Å². The van der Waals surface area contributed by atoms with Gasteiger partial charge in [-0.2, -0.15) is 0 Å². The van der Waals surface area contributed by atoms with Crippen LogP contribution in [0.4, 0.5) is 0 Å². The van der Waals surface area contributed by atoms with Crippen molar-refractivity contribution in [2.45, 2.75) is 187 Å². The molecule has 35 heavy (non-hydrogen) atoms. The summed E-state index contributed by atoms with van der Waals surface area (Å²) in [5.74, 6) is -0.159. The average Bonchev–Trinajstić information content (AvgIpc) is 2.85. The summed E-state index contributed by atoms with van der Waals surface area (Å²) in [6.07, 6.45) is 37.1. The predicted octanol–water partition coefficient (Wildman–Crippen LogP) is 10.6. The zero-order valence-electron chi connectivity index (χ0n) is 23.9. The quantitative estimate of drug-likeness (QED) is 0.0972. The minimum Gasteiger partial charge on any atom is -0.481 e. The third-order valence-corrected chi connectivity index (χ3v) is 7.65. The number of unbranched alkanes of at least 4 members (excludes halogenated alkanes) is 25. The van der Waals surface area contributed by atoms with Crippen LogP contribution in [0, 0.1) is 5.92 Å². The predicted molar refractivity (Wildman–Crippen MR) is 153 cm³/mol. The number of carboxylic acid groups (broad SMARTS) is 1. The Bertz CT molecular complexity index is 410. The van der Waals surface area contributed by atoms with E-state index in [0.29, 0.717) is 18.9 Å². The average molecular weight is 497 g/mol. The zero-order chi connectivity index (χ0) is 25.7. The van der Waals surface area contributed by atoms with Crippen LogP contribution in [0.3, 0.4) is 0 Å². The lowest BCUT2D eigenvalue weighted by molar-refractivity contribution is -0.137. The van der Waals surface area contributed by atoms with Gasteiger partial charge in [0.15, 0.2) is 0 Å². The number of aliphatic carboxylic acids is 1. The minimum absolute atomic E-state index is 0.342. The van der Waals surface area contributed by atoms with E-state index in [1.54, 1.807) is 0 Å². The fourth-order valence-corrected chi connectivity index (χ4v) is 5.10. The first-order chi connectivity index (χ1) is 17.2. The fraction of sp³-hybridized carbons (Fsp3) is 0.969. The number of aliphatic hydroxyl groups is 1. The minimum atomic E-state index is -0.652. The molecule has 210 valence electrons. The van der Waals surface area contributed by atoms with Crippen molar-refractivity contribution in [3.63, 3.8) is 0 Å². The summed E-state index contributed by atoms with van der Waals surface area (Å²) < 4.78 is 0. The fourth-order valence-electron chi connectivity index (χ4n) is 5.10. The first-order valence-corrected chi connectivity index (χ1v) is 16.0. The molecule has 0 aliphatic heterocycles. The molecular weight excluding hydrogens is 432 g/mol. The van der Waals surface area contributed by atoms with Crippen LogP contribution in [-0.2, 0) is 4.79 Å². The Labute approximate surface area is 220 Å². The van der Waals surface area contributed by atoms with Crippen LogP contribution in [0.25, 0.3) is 0 Å². The van der Waals surface area contributed by atoms with Gasteiger partial charge in [0.1, 0.15) is 0 Å². The Morgan fingerprint density at radius 3 is 0.914 bits per heavy atom. The first-order valence-electron chi connectivity index (χ1n) is 16.0. The lowest BCUT2D eigenvalue weighted by atomic mass is 10.0. The molecule has 0 aliphatic carbocycles. The zero-order valence-corrected chi connectivity index (χ0v) is 23.9. The third kappa shape index (κ3) is 31.4. The molecule has 0 aliphatic rings. The molecule has 0 rings (SSSR count). The maximum atomic E-state index is 10.5. The summed E-state index contributed by atoms with van der Waals surface area (Å²) in [6.45, 7) is 2.50. The number of hydrogen-bond acceptors (Lipinski definition) is 2. The maximum Gasteiger partial charge on any atom is 0.303 e. The van der Waals surface area contributed by atoms with E-state index in [-0.39, 0.29) is 0 Å². The van der Waals surface area contributed by atoms with Crippen molar-refractivity contribution in [1.82, 2.24) is 0 Å². The molecule has 3 heteroatoms. The van der Waals surface area contributed by atoms with Crippen molar-refractivity contribution in [1.29, 1.82) is 0 Å². The molecule has 0 saturated heterocycles. The lowest BCUT2D eigenvalue weighted by Gasteiger charge is -2.07. The van der Waals surface area contributed by atoms with Crippen molar-refractivity contribution in [2.75, 3.05) is 6.61 Å². The van der Waals surface area contributed by atoms with Gasteiger partial charge in [-0.05, 0) is 18.8 Å². The Morgan fingerprint density at radius 2 is 0.686 bits per heavy atom. The Morgan fingerprint density at radius 1 is 0.457 bits per heavy atom. The molecule has 3 nitrogen and oxygen atoms in total. The first kappa shape index (κ1) is 34.4. The number of hydrogen-bond donors (Lipinski definition) is 2. The molecule has 2 N–H and O–H groups in total. The highest BCUT2D eigenvalue weighted by Gasteiger charge is 2.00. The summed E-state index contributed by atoms with van der Waals surface area (Å²) in [5, 5.41) is 17.6. The van der Waals surface area contributed by atoms with Crippen LogP contribution in [0.2, 0.25) is 0 Å². The molecule has 1 atom stereocenters. The van der Waals surface area contributed by atoms with E-state index in [1.165, 1.54) is 161 Å². The highest BCUT2D eigenvalue weighted by molar-refractivity contribution is 5.66. The standard InChI is InChI=1S/C32H64O3/c1-31(30-33)28-26-24-22-20-18-16-14-12-10-8-6-4-2-3-5-7-9-11-13-15-17-19-21-23-25-27-29-32(34)35/h31,33H,2-30H2,1H3,(H,34,35)/t31-/m0/s1. The normalized spacial score (nSPS) is 12.3. The van der Waals surface area contributed by atoms with E-state index in [1.807, 2.05) is 0 Å². The van der Waals surface area contributed by atoms with E-state index < -0.39 is 5.97 Å². The SMILES string of the molecule is C[C@H](CO)CCCCCCCCCCCCCCCCCCCCCCCCCCCCC(=O)O. The van der Waals surface area contributed by atoms with Gasteiger partial charge < -0.3 is 10.2 Å². The van der Waals surface area contributed by atoms with Crippen LogP contribution in [-0.4, -0.2) is 22.8 Å². The molecule has 0 bridgehead atoms. The van der Waals surface area contributed by atoms with Gasteiger partial charge in [0.2, 0.25) is 0 Å². The molecule has 0 fully saturated rings. The van der Waals surface area contributed by atoms with Gasteiger partial charge in [0.25, 0.3) is 0 Å². The Hall–Kier alpha value is -0.570. The second-order valence-electron chi connectivity index (χ2n) is 11.4. The van der Waals surface area contributed by atoms with Crippen molar-refractivity contribution in [3.8, 4) is 0 Å². The van der Waals surface area contributed by atoms with Crippen LogP contribution in [0.15, 0.2) is 0 Å². The Balaban J connectivity index is 3.04. The highest BCUT2D eigenvalue weighted by atomic mass is 16.4. The largest absolute Gasteiger partial charge is 0.481 e. The molecule has 0 aromatic carbocycles. The van der Waals surface area contributed by atoms with Gasteiger partial charge in [-0.15, -0.1) is 0 Å². The molecule has 0 aromatic rings. The molecule has 0 amide bonds. The topological polar surface area (TPSA) is 57.5 Å². The second kappa shape index (κ2) is 29.7. The van der Waals surface area contributed by atoms with Gasteiger partial charge in [0, 0.05) is 13.0 Å². The van der Waals surface area contributed by atoms with Crippen molar-refractivity contribution >= 4 is 5.97 Å². The number of carbonyl (C=O) groups is 1. The van der Waals surface area contributed by atoms with Crippen molar-refractivity contribution < 1.29 is 15.0 Å². The van der Waals surface area contributed by atoms with E-state index in [9.17, 15) is 4.79 Å². The van der Waals surface area contributed by atoms with Crippen molar-refractivity contribution in [2.24, 2.45) is 5.92 Å². The maximum absolute atomic E-state index is 10.5. The third-order valence-electron chi connectivity index (χ3n) is 7.65. The second-order valence-corrected chi connectivity index (χ2v) is 11.4. The highest BCUT2D eigenvalue weighted by Crippen LogP contribution is 2.16. The van der Waals surface area contributed by atoms with E-state index >= 15 is 0 Å². The molecule has 0 radical (unpaired) electrons. The van der Waals surface area contributed by atoms with Gasteiger partial charge >= 0.3 is 5.97 Å². The number of rotatable bonds is 30. The lowest BCUT2D eigenvalue weighted by Crippen LogP contribution is -1.99. The Kier molecular flexibility index (Phi) is 29.2. The summed E-state index contributed by atoms with van der Waals surface area (Å²) in [5.41, 5.74) is 0. The summed E-state index contributed by atoms with van der Waals surface area (Å²) >= 11 is 0. The van der Waals surface area contributed by atoms with Crippen LogP contribution in [0.1, 0.15) is 187 Å². The summed E-state index contributed by atoms with van der Waals surface area (Å²) in [7, 11) is 0.